The molecule has 0 bridgehead atoms. The largest absolute Gasteiger partial charge is 0.411 e. The minimum atomic E-state index is -0.437. The summed E-state index contributed by atoms with van der Waals surface area (Å²) in [5, 5.41) is 16.0. The number of nitrogens with zero attached hydrogens (tertiary/aromatic N) is 2. The fourth-order valence-electron chi connectivity index (χ4n) is 3.28. The van der Waals surface area contributed by atoms with Crippen molar-refractivity contribution in [3.8, 4) is 0 Å². The molecule has 3 amide bonds. The van der Waals surface area contributed by atoms with Gasteiger partial charge in [-0.3, -0.25) is 19.3 Å². The van der Waals surface area contributed by atoms with Crippen molar-refractivity contribution < 1.29 is 19.6 Å². The smallest absolute Gasteiger partial charge is 0.265 e. The maximum absolute atomic E-state index is 13.0. The van der Waals surface area contributed by atoms with Gasteiger partial charge < -0.3 is 16.3 Å². The predicted molar refractivity (Wildman–Crippen MR) is 135 cm³/mol. The molecule has 2 heterocycles. The second-order valence-corrected chi connectivity index (χ2v) is 7.62. The molecule has 0 unspecified atom stereocenters. The molecule has 1 aliphatic heterocycles. The summed E-state index contributed by atoms with van der Waals surface area (Å²) in [6.07, 6.45) is 3.34. The lowest BCUT2D eigenvalue weighted by molar-refractivity contribution is 0.0642. The van der Waals surface area contributed by atoms with E-state index in [0.29, 0.717) is 17.0 Å². The molecule has 34 heavy (non-hydrogen) atoms. The fraction of sp³-hybridized carbons (Fsp3) is 0.167. The van der Waals surface area contributed by atoms with Crippen LogP contribution >= 0.6 is 22.9 Å². The highest BCUT2D eigenvalue weighted by Gasteiger charge is 2.37. The van der Waals surface area contributed by atoms with Crippen molar-refractivity contribution >= 4 is 52.6 Å². The number of carbonyl (C=O) groups is 3. The number of amides is 3. The highest BCUT2D eigenvalue weighted by Crippen LogP contribution is 2.31. The Morgan fingerprint density at radius 3 is 2.35 bits per heavy atom. The number of imide groups is 1. The van der Waals surface area contributed by atoms with Crippen LogP contribution in [0.4, 0.5) is 5.69 Å². The number of carbonyl (C=O) groups excluding carboxylic acids is 3. The highest BCUT2D eigenvalue weighted by atomic mass is 35.5. The summed E-state index contributed by atoms with van der Waals surface area (Å²) in [6.45, 7) is 0.124. The van der Waals surface area contributed by atoms with Crippen molar-refractivity contribution in [3.05, 3.63) is 87.1 Å². The van der Waals surface area contributed by atoms with Gasteiger partial charge in [0.1, 0.15) is 0 Å². The number of anilines is 1. The summed E-state index contributed by atoms with van der Waals surface area (Å²) < 4.78 is 0. The maximum Gasteiger partial charge on any atom is 0.265 e. The molecule has 0 spiro atoms. The topological polar surface area (TPSA) is 125 Å². The molecule has 0 fully saturated rings. The summed E-state index contributed by atoms with van der Waals surface area (Å²) in [6, 6.07) is 15.7. The van der Waals surface area contributed by atoms with E-state index in [4.69, 9.17) is 5.21 Å². The Bertz CT molecular complexity index is 1150. The summed E-state index contributed by atoms with van der Waals surface area (Å²) in [5.74, 6) is -1.15. The Morgan fingerprint density at radius 1 is 1.06 bits per heavy atom. The molecule has 0 atom stereocenters. The van der Waals surface area contributed by atoms with Crippen molar-refractivity contribution in [2.75, 3.05) is 18.7 Å². The number of nitrogens with two attached hydrogens (primary N) is 1. The van der Waals surface area contributed by atoms with E-state index in [9.17, 15) is 14.4 Å². The zero-order valence-electron chi connectivity index (χ0n) is 18.7. The van der Waals surface area contributed by atoms with Gasteiger partial charge in [0, 0.05) is 19.0 Å². The quantitative estimate of drug-likeness (QED) is 0.153. The first kappa shape index (κ1) is 26.7. The lowest BCUT2D eigenvalue weighted by atomic mass is 10.1. The van der Waals surface area contributed by atoms with Crippen LogP contribution < -0.4 is 11.1 Å². The van der Waals surface area contributed by atoms with Crippen LogP contribution in [-0.4, -0.2) is 47.5 Å². The van der Waals surface area contributed by atoms with E-state index >= 15 is 0 Å². The van der Waals surface area contributed by atoms with Crippen LogP contribution in [0, 0.1) is 0 Å². The monoisotopic (exact) mass is 500 g/mol. The molecular formula is C24H25ClN4O4S. The van der Waals surface area contributed by atoms with E-state index in [0.717, 1.165) is 11.1 Å². The first-order valence-electron chi connectivity index (χ1n) is 10.1. The summed E-state index contributed by atoms with van der Waals surface area (Å²) in [7, 11) is 1.50. The molecule has 1 aliphatic rings. The molecular weight excluding hydrogens is 476 g/mol. The fourth-order valence-corrected chi connectivity index (χ4v) is 3.90. The van der Waals surface area contributed by atoms with Gasteiger partial charge in [-0.2, -0.15) is 0 Å². The second kappa shape index (κ2) is 13.2. The lowest BCUT2D eigenvalue weighted by Gasteiger charge is -2.14. The molecule has 4 rings (SSSR count). The highest BCUT2D eigenvalue weighted by molar-refractivity contribution is 7.12. The standard InChI is InChI=1S/C22H17N3O4S.CH3Cl.CH5N/c26-20(18-5-2-12-30-18)24-17-4-1-3-16-19(17)22(28)25(21(16)27)13-15-8-6-14(7-9-15)10-11-23-29;2*1-2/h1-9,11-12,29H,10,13H2,(H,24,26);1H3;2H2,1H3/b23-11+;;. The minimum absolute atomic E-state index is 0.124. The second-order valence-electron chi connectivity index (χ2n) is 6.67. The van der Waals surface area contributed by atoms with Crippen LogP contribution in [0.1, 0.15) is 41.5 Å². The zero-order chi connectivity index (χ0) is 25.1. The number of hydrogen-bond acceptors (Lipinski definition) is 7. The third-order valence-electron chi connectivity index (χ3n) is 4.76. The molecule has 2 aromatic carbocycles. The van der Waals surface area contributed by atoms with Crippen molar-refractivity contribution in [2.24, 2.45) is 10.9 Å². The number of oxime groups is 1. The zero-order valence-corrected chi connectivity index (χ0v) is 20.3. The van der Waals surface area contributed by atoms with Gasteiger partial charge in [-0.05, 0) is 41.8 Å². The van der Waals surface area contributed by atoms with E-state index in [1.165, 1.54) is 35.9 Å². The van der Waals surface area contributed by atoms with Gasteiger partial charge in [0.15, 0.2) is 0 Å². The normalized spacial score (nSPS) is 11.9. The van der Waals surface area contributed by atoms with Gasteiger partial charge in [-0.25, -0.2) is 0 Å². The van der Waals surface area contributed by atoms with Gasteiger partial charge in [-0.15, -0.1) is 28.1 Å². The molecule has 1 aromatic heterocycles. The Morgan fingerprint density at radius 2 is 1.74 bits per heavy atom. The van der Waals surface area contributed by atoms with Gasteiger partial charge >= 0.3 is 0 Å². The molecule has 3 aromatic rings. The van der Waals surface area contributed by atoms with E-state index in [1.807, 2.05) is 24.3 Å². The third kappa shape index (κ3) is 6.07. The van der Waals surface area contributed by atoms with Gasteiger partial charge in [0.2, 0.25) is 0 Å². The number of alkyl halides is 1. The number of fused-ring (bicyclic) bond motifs is 1. The Kier molecular flexibility index (Phi) is 10.4. The average molecular weight is 501 g/mol. The summed E-state index contributed by atoms with van der Waals surface area (Å²) in [5.41, 5.74) is 7.05. The summed E-state index contributed by atoms with van der Waals surface area (Å²) in [4.78, 5) is 40.0. The Labute approximate surface area is 206 Å². The molecule has 0 radical (unpaired) electrons. The third-order valence-corrected chi connectivity index (χ3v) is 5.63. The van der Waals surface area contributed by atoms with Crippen molar-refractivity contribution in [1.82, 2.24) is 4.90 Å². The molecule has 10 heteroatoms. The number of halogens is 1. The average Bonchev–Trinajstić information content (AvgIpc) is 3.51. The minimum Gasteiger partial charge on any atom is -0.411 e. The van der Waals surface area contributed by atoms with Crippen LogP contribution in [0.2, 0.25) is 0 Å². The van der Waals surface area contributed by atoms with E-state index < -0.39 is 11.8 Å². The van der Waals surface area contributed by atoms with Gasteiger partial charge in [0.05, 0.1) is 28.2 Å². The molecule has 0 aliphatic carbocycles. The van der Waals surface area contributed by atoms with Crippen LogP contribution in [0.3, 0.4) is 0 Å². The molecule has 4 N–H and O–H groups in total. The number of rotatable bonds is 6. The molecule has 0 saturated carbocycles. The Hall–Kier alpha value is -3.53. The van der Waals surface area contributed by atoms with Gasteiger partial charge in [0.25, 0.3) is 17.7 Å². The van der Waals surface area contributed by atoms with Crippen molar-refractivity contribution in [3.63, 3.8) is 0 Å². The van der Waals surface area contributed by atoms with Gasteiger partial charge in [-0.1, -0.05) is 36.4 Å². The van der Waals surface area contributed by atoms with Crippen molar-refractivity contribution in [1.29, 1.82) is 0 Å². The SMILES string of the molecule is CCl.CN.O=C(Nc1cccc2c1C(=O)N(Cc1ccc(C/C=N/O)cc1)C2=O)c1cccs1. The van der Waals surface area contributed by atoms with E-state index in [2.05, 4.69) is 27.8 Å². The molecule has 0 saturated heterocycles. The number of benzene rings is 2. The maximum atomic E-state index is 13.0. The van der Waals surface area contributed by atoms with Crippen LogP contribution in [0.25, 0.3) is 0 Å². The van der Waals surface area contributed by atoms with Crippen LogP contribution in [0.5, 0.6) is 0 Å². The molecule has 178 valence electrons. The van der Waals surface area contributed by atoms with E-state index in [-0.39, 0.29) is 23.6 Å². The van der Waals surface area contributed by atoms with Crippen molar-refractivity contribution in [2.45, 2.75) is 13.0 Å². The van der Waals surface area contributed by atoms with E-state index in [1.54, 1.807) is 35.7 Å². The first-order valence-corrected chi connectivity index (χ1v) is 11.8. The Balaban J connectivity index is 0.000000970. The number of thiophene rings is 1. The van der Waals surface area contributed by atoms with Crippen LogP contribution in [-0.2, 0) is 13.0 Å². The first-order chi connectivity index (χ1) is 16.6. The number of hydrogen-bond donors (Lipinski definition) is 3. The van der Waals surface area contributed by atoms with Crippen LogP contribution in [0.15, 0.2) is 65.1 Å². The number of nitrogens with one attached hydrogen (secondary N) is 1. The molecule has 8 nitrogen and oxygen atoms in total. The summed E-state index contributed by atoms with van der Waals surface area (Å²) >= 11 is 5.94. The lowest BCUT2D eigenvalue weighted by Crippen LogP contribution is -2.29. The predicted octanol–water partition coefficient (Wildman–Crippen LogP) is 4.23.